The molecular weight excluding hydrogens is 548 g/mol. The summed E-state index contributed by atoms with van der Waals surface area (Å²) in [7, 11) is 0. The van der Waals surface area contributed by atoms with E-state index in [1.807, 2.05) is 18.2 Å². The van der Waals surface area contributed by atoms with Crippen LogP contribution in [0.2, 0.25) is 0 Å². The van der Waals surface area contributed by atoms with E-state index in [2.05, 4.69) is 135 Å². The molecule has 0 N–H and O–H groups in total. The number of hydrogen-bond acceptors (Lipinski definition) is 3. The molecule has 4 heteroatoms. The Morgan fingerprint density at radius 1 is 0.511 bits per heavy atom. The fourth-order valence-corrected chi connectivity index (χ4v) is 6.97. The molecule has 214 valence electrons. The molecule has 0 saturated heterocycles. The average molecular weight is 579 g/mol. The number of hydrogen-bond donors (Lipinski definition) is 0. The van der Waals surface area contributed by atoms with Crippen LogP contribution >= 0.6 is 0 Å². The van der Waals surface area contributed by atoms with Crippen molar-refractivity contribution >= 4 is 32.6 Å². The summed E-state index contributed by atoms with van der Waals surface area (Å²) < 4.78 is 2.26. The Hall–Kier alpha value is -5.61. The molecule has 0 amide bonds. The van der Waals surface area contributed by atoms with Crippen molar-refractivity contribution < 1.29 is 0 Å². The lowest BCUT2D eigenvalue weighted by atomic mass is 9.87. The van der Waals surface area contributed by atoms with Crippen molar-refractivity contribution in [3.05, 3.63) is 133 Å². The highest BCUT2D eigenvalue weighted by atomic mass is 15.2. The zero-order chi connectivity index (χ0) is 30.3. The van der Waals surface area contributed by atoms with Gasteiger partial charge in [-0.1, -0.05) is 142 Å². The second-order valence-corrected chi connectivity index (χ2v) is 12.9. The summed E-state index contributed by atoms with van der Waals surface area (Å²) in [5.74, 6) is 1.92. The molecule has 0 saturated carbocycles. The van der Waals surface area contributed by atoms with Gasteiger partial charge in [0.2, 0.25) is 5.95 Å². The predicted molar refractivity (Wildman–Crippen MR) is 186 cm³/mol. The van der Waals surface area contributed by atoms with Crippen LogP contribution in [0.1, 0.15) is 26.3 Å². The Morgan fingerprint density at radius 3 is 1.91 bits per heavy atom. The van der Waals surface area contributed by atoms with Gasteiger partial charge in [0.15, 0.2) is 11.6 Å². The van der Waals surface area contributed by atoms with E-state index < -0.39 is 0 Å². The minimum absolute atomic E-state index is 0.0573. The third kappa shape index (κ3) is 3.89. The molecule has 1 aliphatic rings. The van der Waals surface area contributed by atoms with Crippen LogP contribution < -0.4 is 0 Å². The number of fused-ring (bicyclic) bond motifs is 7. The summed E-state index contributed by atoms with van der Waals surface area (Å²) in [5, 5.41) is 4.92. The SMILES string of the molecule is CC(C)(C)c1ccc(-c2nc(-c3ccccc3)nc(-n3c4ccccc4c4ccc5c(c43)-c3cccc4cccc-5c34)n2)cc1. The quantitative estimate of drug-likeness (QED) is 0.209. The lowest BCUT2D eigenvalue weighted by Crippen LogP contribution is -2.10. The number of aromatic nitrogens is 4. The standard InChI is InChI=1S/C41H30N4/c1-41(2,3)28-21-19-27(20-22-28)39-42-38(26-11-5-4-6-12-26)43-40(44-39)45-34-18-8-7-15-29(34)32-24-23-31-30-16-9-13-25-14-10-17-33(35(25)30)36(31)37(32)45/h4-24H,1-3H3. The zero-order valence-electron chi connectivity index (χ0n) is 25.4. The highest BCUT2D eigenvalue weighted by Gasteiger charge is 2.28. The van der Waals surface area contributed by atoms with Gasteiger partial charge in [0.05, 0.1) is 11.0 Å². The fraction of sp³-hybridized carbons (Fsp3) is 0.0976. The van der Waals surface area contributed by atoms with Crippen LogP contribution in [-0.4, -0.2) is 19.5 Å². The Balaban J connectivity index is 1.38. The van der Waals surface area contributed by atoms with Crippen LogP contribution in [0.4, 0.5) is 0 Å². The molecular formula is C41H30N4. The lowest BCUT2D eigenvalue weighted by molar-refractivity contribution is 0.590. The highest BCUT2D eigenvalue weighted by Crippen LogP contribution is 2.51. The van der Waals surface area contributed by atoms with Crippen LogP contribution in [0.25, 0.3) is 83.6 Å². The highest BCUT2D eigenvalue weighted by molar-refractivity contribution is 6.24. The number of para-hydroxylation sites is 1. The van der Waals surface area contributed by atoms with Gasteiger partial charge >= 0.3 is 0 Å². The summed E-state index contributed by atoms with van der Waals surface area (Å²) in [4.78, 5) is 15.5. The number of rotatable bonds is 3. The second-order valence-electron chi connectivity index (χ2n) is 12.9. The fourth-order valence-electron chi connectivity index (χ4n) is 6.97. The largest absolute Gasteiger partial charge is 0.277 e. The lowest BCUT2D eigenvalue weighted by Gasteiger charge is -2.19. The van der Waals surface area contributed by atoms with Crippen LogP contribution in [0.3, 0.4) is 0 Å². The van der Waals surface area contributed by atoms with E-state index in [9.17, 15) is 0 Å². The first kappa shape index (κ1) is 25.8. The maximum atomic E-state index is 5.23. The zero-order valence-corrected chi connectivity index (χ0v) is 25.4. The summed E-state index contributed by atoms with van der Waals surface area (Å²) in [6, 6.07) is 45.2. The molecule has 4 nitrogen and oxygen atoms in total. The third-order valence-electron chi connectivity index (χ3n) is 9.17. The van der Waals surface area contributed by atoms with E-state index in [1.54, 1.807) is 0 Å². The minimum Gasteiger partial charge on any atom is -0.277 e. The van der Waals surface area contributed by atoms with Gasteiger partial charge < -0.3 is 0 Å². The van der Waals surface area contributed by atoms with Crippen molar-refractivity contribution in [3.8, 4) is 51.0 Å². The van der Waals surface area contributed by atoms with Crippen molar-refractivity contribution in [2.45, 2.75) is 26.2 Å². The van der Waals surface area contributed by atoms with Crippen molar-refractivity contribution in [2.24, 2.45) is 0 Å². The molecule has 45 heavy (non-hydrogen) atoms. The van der Waals surface area contributed by atoms with E-state index in [-0.39, 0.29) is 5.41 Å². The van der Waals surface area contributed by atoms with Gasteiger partial charge in [-0.15, -0.1) is 0 Å². The molecule has 1 aliphatic carbocycles. The summed E-state index contributed by atoms with van der Waals surface area (Å²) >= 11 is 0. The molecule has 0 unspecified atom stereocenters. The third-order valence-corrected chi connectivity index (χ3v) is 9.17. The molecule has 0 radical (unpaired) electrons. The number of nitrogens with zero attached hydrogens (tertiary/aromatic N) is 4. The van der Waals surface area contributed by atoms with Crippen molar-refractivity contribution in [1.29, 1.82) is 0 Å². The first-order valence-corrected chi connectivity index (χ1v) is 15.5. The first-order chi connectivity index (χ1) is 22.0. The predicted octanol–water partition coefficient (Wildman–Crippen LogP) is 10.4. The van der Waals surface area contributed by atoms with Crippen LogP contribution in [-0.2, 0) is 5.41 Å². The smallest absolute Gasteiger partial charge is 0.238 e. The molecule has 8 aromatic rings. The van der Waals surface area contributed by atoms with Gasteiger partial charge in [-0.05, 0) is 44.5 Å². The van der Waals surface area contributed by atoms with Crippen molar-refractivity contribution in [1.82, 2.24) is 19.5 Å². The van der Waals surface area contributed by atoms with Gasteiger partial charge in [-0.2, -0.15) is 9.97 Å². The van der Waals surface area contributed by atoms with Gasteiger partial charge in [-0.3, -0.25) is 4.57 Å². The van der Waals surface area contributed by atoms with Gasteiger partial charge in [-0.25, -0.2) is 4.98 Å². The van der Waals surface area contributed by atoms with Crippen LogP contribution in [0.5, 0.6) is 0 Å². The van der Waals surface area contributed by atoms with Gasteiger partial charge in [0.1, 0.15) is 0 Å². The van der Waals surface area contributed by atoms with E-state index >= 15 is 0 Å². The first-order valence-electron chi connectivity index (χ1n) is 15.5. The molecule has 9 rings (SSSR count). The maximum Gasteiger partial charge on any atom is 0.238 e. The van der Waals surface area contributed by atoms with E-state index in [1.165, 1.54) is 49.4 Å². The Morgan fingerprint density at radius 2 is 1.18 bits per heavy atom. The Kier molecular flexibility index (Phi) is 5.42. The molecule has 6 aromatic carbocycles. The Labute approximate surface area is 261 Å². The van der Waals surface area contributed by atoms with E-state index in [4.69, 9.17) is 15.0 Å². The summed E-state index contributed by atoms with van der Waals surface area (Å²) in [5.41, 5.74) is 10.4. The summed E-state index contributed by atoms with van der Waals surface area (Å²) in [6.45, 7) is 6.70. The second kappa shape index (κ2) is 9.44. The molecule has 0 spiro atoms. The normalized spacial score (nSPS) is 12.3. The molecule has 0 bridgehead atoms. The monoisotopic (exact) mass is 578 g/mol. The average Bonchev–Trinajstić information content (AvgIpc) is 3.59. The molecule has 2 heterocycles. The minimum atomic E-state index is 0.0573. The topological polar surface area (TPSA) is 43.6 Å². The molecule has 0 fully saturated rings. The molecule has 0 aliphatic heterocycles. The van der Waals surface area contributed by atoms with Crippen LogP contribution in [0.15, 0.2) is 127 Å². The van der Waals surface area contributed by atoms with Crippen molar-refractivity contribution in [3.63, 3.8) is 0 Å². The summed E-state index contributed by atoms with van der Waals surface area (Å²) in [6.07, 6.45) is 0. The van der Waals surface area contributed by atoms with Gasteiger partial charge in [0, 0.05) is 27.5 Å². The number of benzene rings is 6. The molecule has 0 atom stereocenters. The Bertz CT molecular complexity index is 2440. The van der Waals surface area contributed by atoms with E-state index in [0.29, 0.717) is 17.6 Å². The van der Waals surface area contributed by atoms with Gasteiger partial charge in [0.25, 0.3) is 0 Å². The van der Waals surface area contributed by atoms with Crippen LogP contribution in [0, 0.1) is 0 Å². The molecule has 2 aromatic heterocycles. The van der Waals surface area contributed by atoms with Crippen molar-refractivity contribution in [2.75, 3.05) is 0 Å². The van der Waals surface area contributed by atoms with E-state index in [0.717, 1.165) is 22.2 Å². The maximum absolute atomic E-state index is 5.23.